The van der Waals surface area contributed by atoms with Crippen molar-refractivity contribution in [3.63, 3.8) is 0 Å². The van der Waals surface area contributed by atoms with Crippen molar-refractivity contribution in [3.05, 3.63) is 47.3 Å². The molecule has 0 radical (unpaired) electrons. The maximum absolute atomic E-state index is 3.65. The molecule has 0 atom stereocenters. The monoisotopic (exact) mass is 273 g/mol. The third-order valence-corrected chi connectivity index (χ3v) is 4.47. The van der Waals surface area contributed by atoms with Crippen LogP contribution in [0.3, 0.4) is 0 Å². The normalized spacial score (nSPS) is 11.7. The Bertz CT molecular complexity index is 499. The van der Waals surface area contributed by atoms with Gasteiger partial charge >= 0.3 is 0 Å². The summed E-state index contributed by atoms with van der Waals surface area (Å²) in [6, 6.07) is 15.1. The van der Waals surface area contributed by atoms with Crippen LogP contribution in [0.4, 0.5) is 0 Å². The summed E-state index contributed by atoms with van der Waals surface area (Å²) in [7, 11) is 0. The first kappa shape index (κ1) is 14.3. The van der Waals surface area contributed by atoms with E-state index in [1.165, 1.54) is 28.2 Å². The van der Waals surface area contributed by atoms with E-state index >= 15 is 0 Å². The standard InChI is InChI=1S/C17H23NS/c1-4-12-17(2,3)18-13-15-10-11-16(19-15)14-8-6-5-7-9-14/h5-11,18H,4,12-13H2,1-3H3. The third kappa shape index (κ3) is 4.19. The van der Waals surface area contributed by atoms with E-state index < -0.39 is 0 Å². The highest BCUT2D eigenvalue weighted by atomic mass is 32.1. The van der Waals surface area contributed by atoms with Crippen molar-refractivity contribution >= 4 is 11.3 Å². The molecule has 0 fully saturated rings. The predicted molar refractivity (Wildman–Crippen MR) is 85.6 cm³/mol. The van der Waals surface area contributed by atoms with Gasteiger partial charge in [-0.25, -0.2) is 0 Å². The van der Waals surface area contributed by atoms with E-state index in [-0.39, 0.29) is 5.54 Å². The van der Waals surface area contributed by atoms with E-state index in [4.69, 9.17) is 0 Å². The van der Waals surface area contributed by atoms with Crippen molar-refractivity contribution < 1.29 is 0 Å². The molecule has 0 saturated carbocycles. The first-order valence-electron chi connectivity index (χ1n) is 7.00. The zero-order valence-electron chi connectivity index (χ0n) is 12.1. The molecule has 1 aromatic carbocycles. The second-order valence-corrected chi connectivity index (χ2v) is 6.79. The minimum Gasteiger partial charge on any atom is -0.307 e. The zero-order chi connectivity index (χ0) is 13.7. The molecule has 0 unspecified atom stereocenters. The average Bonchev–Trinajstić information content (AvgIpc) is 2.86. The van der Waals surface area contributed by atoms with Gasteiger partial charge in [-0.1, -0.05) is 43.7 Å². The predicted octanol–water partition coefficient (Wildman–Crippen LogP) is 5.08. The van der Waals surface area contributed by atoms with Crippen LogP contribution in [0.5, 0.6) is 0 Å². The van der Waals surface area contributed by atoms with Crippen molar-refractivity contribution in [2.75, 3.05) is 0 Å². The molecule has 0 bridgehead atoms. The van der Waals surface area contributed by atoms with Crippen molar-refractivity contribution in [3.8, 4) is 10.4 Å². The van der Waals surface area contributed by atoms with E-state index in [0.29, 0.717) is 0 Å². The Morgan fingerprint density at radius 2 is 1.79 bits per heavy atom. The molecule has 1 N–H and O–H groups in total. The first-order chi connectivity index (χ1) is 9.11. The quantitative estimate of drug-likeness (QED) is 0.773. The lowest BCUT2D eigenvalue weighted by atomic mass is 9.99. The van der Waals surface area contributed by atoms with Gasteiger partial charge in [0.15, 0.2) is 0 Å². The topological polar surface area (TPSA) is 12.0 Å². The van der Waals surface area contributed by atoms with Gasteiger partial charge < -0.3 is 5.32 Å². The number of hydrogen-bond donors (Lipinski definition) is 1. The molecule has 0 aliphatic carbocycles. The molecular weight excluding hydrogens is 250 g/mol. The Morgan fingerprint density at radius 1 is 1.05 bits per heavy atom. The van der Waals surface area contributed by atoms with E-state index in [0.717, 1.165) is 6.54 Å². The number of thiophene rings is 1. The van der Waals surface area contributed by atoms with Gasteiger partial charge in [0.05, 0.1) is 0 Å². The summed E-state index contributed by atoms with van der Waals surface area (Å²) in [6.45, 7) is 7.76. The lowest BCUT2D eigenvalue weighted by molar-refractivity contribution is 0.358. The molecular formula is C17H23NS. The van der Waals surface area contributed by atoms with Crippen LogP contribution in [0.1, 0.15) is 38.5 Å². The minimum atomic E-state index is 0.228. The van der Waals surface area contributed by atoms with Gasteiger partial charge in [0.2, 0.25) is 0 Å². The second-order valence-electron chi connectivity index (χ2n) is 5.62. The maximum Gasteiger partial charge on any atom is 0.0346 e. The number of nitrogens with one attached hydrogen (secondary N) is 1. The van der Waals surface area contributed by atoms with Crippen LogP contribution < -0.4 is 5.32 Å². The molecule has 102 valence electrons. The zero-order valence-corrected chi connectivity index (χ0v) is 12.9. The summed E-state index contributed by atoms with van der Waals surface area (Å²) in [5.74, 6) is 0. The Balaban J connectivity index is 1.99. The largest absolute Gasteiger partial charge is 0.307 e. The van der Waals surface area contributed by atoms with Gasteiger partial charge in [-0.15, -0.1) is 11.3 Å². The lowest BCUT2D eigenvalue weighted by Gasteiger charge is -2.25. The number of benzene rings is 1. The van der Waals surface area contributed by atoms with Crippen molar-refractivity contribution in [2.24, 2.45) is 0 Å². The Morgan fingerprint density at radius 3 is 2.47 bits per heavy atom. The van der Waals surface area contributed by atoms with Crippen LogP contribution in [-0.2, 0) is 6.54 Å². The molecule has 0 amide bonds. The van der Waals surface area contributed by atoms with Crippen LogP contribution in [-0.4, -0.2) is 5.54 Å². The van der Waals surface area contributed by atoms with Gasteiger partial charge in [0, 0.05) is 21.8 Å². The van der Waals surface area contributed by atoms with E-state index in [1.807, 2.05) is 11.3 Å². The fourth-order valence-corrected chi connectivity index (χ4v) is 3.22. The number of hydrogen-bond acceptors (Lipinski definition) is 2. The van der Waals surface area contributed by atoms with Gasteiger partial charge in [0.1, 0.15) is 0 Å². The fraction of sp³-hybridized carbons (Fsp3) is 0.412. The summed E-state index contributed by atoms with van der Waals surface area (Å²) in [4.78, 5) is 2.76. The van der Waals surface area contributed by atoms with Crippen molar-refractivity contribution in [1.82, 2.24) is 5.32 Å². The Labute approximate surface area is 120 Å². The Kier molecular flexibility index (Phi) is 4.78. The first-order valence-corrected chi connectivity index (χ1v) is 7.81. The maximum atomic E-state index is 3.65. The minimum absolute atomic E-state index is 0.228. The van der Waals surface area contributed by atoms with Crippen molar-refractivity contribution in [2.45, 2.75) is 45.7 Å². The molecule has 2 heteroatoms. The van der Waals surface area contributed by atoms with Crippen LogP contribution in [0, 0.1) is 0 Å². The van der Waals surface area contributed by atoms with Crippen LogP contribution >= 0.6 is 11.3 Å². The molecule has 1 heterocycles. The molecule has 1 nitrogen and oxygen atoms in total. The van der Waals surface area contributed by atoms with Gasteiger partial charge in [-0.3, -0.25) is 0 Å². The lowest BCUT2D eigenvalue weighted by Crippen LogP contribution is -2.38. The molecule has 1 aromatic heterocycles. The summed E-state index contributed by atoms with van der Waals surface area (Å²) in [6.07, 6.45) is 2.43. The summed E-state index contributed by atoms with van der Waals surface area (Å²) in [5.41, 5.74) is 1.54. The smallest absolute Gasteiger partial charge is 0.0346 e. The molecule has 2 rings (SSSR count). The molecule has 19 heavy (non-hydrogen) atoms. The van der Waals surface area contributed by atoms with E-state index in [2.05, 4.69) is 68.6 Å². The van der Waals surface area contributed by atoms with Gasteiger partial charge in [-0.05, 0) is 38.0 Å². The molecule has 0 saturated heterocycles. The highest BCUT2D eigenvalue weighted by Crippen LogP contribution is 2.28. The highest BCUT2D eigenvalue weighted by Gasteiger charge is 2.15. The third-order valence-electron chi connectivity index (χ3n) is 3.34. The summed E-state index contributed by atoms with van der Waals surface area (Å²) >= 11 is 1.88. The molecule has 0 spiro atoms. The number of rotatable bonds is 6. The van der Waals surface area contributed by atoms with Crippen LogP contribution in [0.15, 0.2) is 42.5 Å². The van der Waals surface area contributed by atoms with Crippen molar-refractivity contribution in [1.29, 1.82) is 0 Å². The summed E-state index contributed by atoms with van der Waals surface area (Å²) in [5, 5.41) is 3.65. The average molecular weight is 273 g/mol. The van der Waals surface area contributed by atoms with Crippen LogP contribution in [0.25, 0.3) is 10.4 Å². The summed E-state index contributed by atoms with van der Waals surface area (Å²) < 4.78 is 0. The van der Waals surface area contributed by atoms with E-state index in [1.54, 1.807) is 0 Å². The fourth-order valence-electron chi connectivity index (χ4n) is 2.27. The molecule has 0 aliphatic rings. The molecule has 0 aliphatic heterocycles. The van der Waals surface area contributed by atoms with Gasteiger partial charge in [-0.2, -0.15) is 0 Å². The highest BCUT2D eigenvalue weighted by molar-refractivity contribution is 7.15. The SMILES string of the molecule is CCCC(C)(C)NCc1ccc(-c2ccccc2)s1. The molecule has 2 aromatic rings. The second kappa shape index (κ2) is 6.36. The van der Waals surface area contributed by atoms with Crippen LogP contribution in [0.2, 0.25) is 0 Å². The Hall–Kier alpha value is -1.12. The van der Waals surface area contributed by atoms with Gasteiger partial charge in [0.25, 0.3) is 0 Å². The van der Waals surface area contributed by atoms with E-state index in [9.17, 15) is 0 Å².